The van der Waals surface area contributed by atoms with E-state index in [0.29, 0.717) is 15.8 Å². The van der Waals surface area contributed by atoms with Crippen LogP contribution in [0.15, 0.2) is 18.2 Å². The van der Waals surface area contributed by atoms with Gasteiger partial charge < -0.3 is 4.74 Å². The molecule has 1 heterocycles. The second-order valence-electron chi connectivity index (χ2n) is 3.52. The third-order valence-electron chi connectivity index (χ3n) is 2.31. The number of hydrogen-bond acceptors (Lipinski definition) is 4. The number of nitrogens with zero attached hydrogens (tertiary/aromatic N) is 1. The van der Waals surface area contributed by atoms with Gasteiger partial charge in [0.15, 0.2) is 0 Å². The molecule has 1 aromatic carbocycles. The van der Waals surface area contributed by atoms with Crippen molar-refractivity contribution in [2.45, 2.75) is 0 Å². The minimum atomic E-state index is -0.231. The van der Waals surface area contributed by atoms with Gasteiger partial charge in [0, 0.05) is 5.02 Å². The first-order chi connectivity index (χ1) is 8.58. The molecule has 18 heavy (non-hydrogen) atoms. The standard InChI is InChI=1S/C11H9Cl2NO3S/c12-7-1-2-9(8(13)5-7)17-4-3-14-10(15)6-18-11(14)16/h1-2,5H,3-4,6H2. The minimum Gasteiger partial charge on any atom is -0.490 e. The van der Waals surface area contributed by atoms with Gasteiger partial charge in [0.2, 0.25) is 5.91 Å². The van der Waals surface area contributed by atoms with Gasteiger partial charge in [-0.05, 0) is 18.2 Å². The molecule has 1 aromatic rings. The van der Waals surface area contributed by atoms with Crippen molar-refractivity contribution in [3.63, 3.8) is 0 Å². The van der Waals surface area contributed by atoms with E-state index in [2.05, 4.69) is 0 Å². The zero-order valence-electron chi connectivity index (χ0n) is 9.19. The van der Waals surface area contributed by atoms with Gasteiger partial charge in [0.25, 0.3) is 5.24 Å². The van der Waals surface area contributed by atoms with E-state index in [-0.39, 0.29) is 30.1 Å². The van der Waals surface area contributed by atoms with Crippen LogP contribution >= 0.6 is 35.0 Å². The van der Waals surface area contributed by atoms with Crippen molar-refractivity contribution in [2.24, 2.45) is 0 Å². The highest BCUT2D eigenvalue weighted by atomic mass is 35.5. The minimum absolute atomic E-state index is 0.184. The Kier molecular flexibility index (Phi) is 4.37. The highest BCUT2D eigenvalue weighted by Crippen LogP contribution is 2.27. The Labute approximate surface area is 118 Å². The number of thioether (sulfide) groups is 1. The molecule has 7 heteroatoms. The summed E-state index contributed by atoms with van der Waals surface area (Å²) in [6.45, 7) is 0.434. The molecular formula is C11H9Cl2NO3S. The molecule has 2 rings (SSSR count). The molecule has 1 saturated heterocycles. The summed E-state index contributed by atoms with van der Waals surface area (Å²) in [7, 11) is 0. The summed E-state index contributed by atoms with van der Waals surface area (Å²) in [5.74, 6) is 0.504. The van der Waals surface area contributed by atoms with E-state index < -0.39 is 0 Å². The summed E-state index contributed by atoms with van der Waals surface area (Å²) < 4.78 is 5.40. The fraction of sp³-hybridized carbons (Fsp3) is 0.273. The molecule has 0 radical (unpaired) electrons. The largest absolute Gasteiger partial charge is 0.490 e. The number of carbonyl (C=O) groups excluding carboxylic acids is 2. The van der Waals surface area contributed by atoms with Crippen LogP contribution in [0.25, 0.3) is 0 Å². The van der Waals surface area contributed by atoms with Gasteiger partial charge in [0.05, 0.1) is 17.3 Å². The van der Waals surface area contributed by atoms with Gasteiger partial charge in [-0.2, -0.15) is 0 Å². The molecule has 0 N–H and O–H groups in total. The maximum atomic E-state index is 11.3. The first kappa shape index (κ1) is 13.5. The number of benzene rings is 1. The van der Waals surface area contributed by atoms with Crippen LogP contribution in [0.1, 0.15) is 0 Å². The summed E-state index contributed by atoms with van der Waals surface area (Å²) in [5.41, 5.74) is 0. The van der Waals surface area contributed by atoms with Crippen LogP contribution < -0.4 is 4.74 Å². The third kappa shape index (κ3) is 3.10. The Morgan fingerprint density at radius 2 is 2.11 bits per heavy atom. The van der Waals surface area contributed by atoms with E-state index in [1.807, 2.05) is 0 Å². The van der Waals surface area contributed by atoms with Crippen molar-refractivity contribution in [1.29, 1.82) is 0 Å². The molecule has 0 aliphatic carbocycles. The zero-order valence-corrected chi connectivity index (χ0v) is 11.5. The summed E-state index contributed by atoms with van der Waals surface area (Å²) in [5, 5.41) is 0.690. The molecular weight excluding hydrogens is 297 g/mol. The summed E-state index contributed by atoms with van der Waals surface area (Å²) in [4.78, 5) is 23.8. The second-order valence-corrected chi connectivity index (χ2v) is 5.29. The van der Waals surface area contributed by atoms with Crippen LogP contribution in [0, 0.1) is 0 Å². The highest BCUT2D eigenvalue weighted by Gasteiger charge is 2.29. The van der Waals surface area contributed by atoms with E-state index in [1.54, 1.807) is 18.2 Å². The molecule has 2 amide bonds. The Balaban J connectivity index is 1.88. The summed E-state index contributed by atoms with van der Waals surface area (Å²) in [6, 6.07) is 4.87. The van der Waals surface area contributed by atoms with Gasteiger partial charge in [-0.15, -0.1) is 0 Å². The third-order valence-corrected chi connectivity index (χ3v) is 3.70. The molecule has 0 saturated carbocycles. The van der Waals surface area contributed by atoms with Crippen LogP contribution in [-0.4, -0.2) is 35.0 Å². The average Bonchev–Trinajstić information content (AvgIpc) is 2.63. The quantitative estimate of drug-likeness (QED) is 0.857. The van der Waals surface area contributed by atoms with Crippen LogP contribution in [0.5, 0.6) is 5.75 Å². The van der Waals surface area contributed by atoms with Gasteiger partial charge >= 0.3 is 0 Å². The van der Waals surface area contributed by atoms with Crippen molar-refractivity contribution in [3.8, 4) is 5.75 Å². The van der Waals surface area contributed by atoms with Crippen LogP contribution in [0.4, 0.5) is 4.79 Å². The maximum Gasteiger partial charge on any atom is 0.288 e. The number of halogens is 2. The van der Waals surface area contributed by atoms with Crippen molar-refractivity contribution in [1.82, 2.24) is 4.90 Å². The Morgan fingerprint density at radius 3 is 2.72 bits per heavy atom. The van der Waals surface area contributed by atoms with Crippen LogP contribution in [-0.2, 0) is 4.79 Å². The SMILES string of the molecule is O=C1CSC(=O)N1CCOc1ccc(Cl)cc1Cl. The summed E-state index contributed by atoms with van der Waals surface area (Å²) in [6.07, 6.45) is 0. The van der Waals surface area contributed by atoms with Crippen molar-refractivity contribution >= 4 is 46.1 Å². The number of imide groups is 1. The fourth-order valence-corrected chi connectivity index (χ4v) is 2.65. The highest BCUT2D eigenvalue weighted by molar-refractivity contribution is 8.14. The Morgan fingerprint density at radius 1 is 1.33 bits per heavy atom. The lowest BCUT2D eigenvalue weighted by Gasteiger charge is -2.14. The van der Waals surface area contributed by atoms with E-state index in [9.17, 15) is 9.59 Å². The molecule has 0 unspecified atom stereocenters. The number of hydrogen-bond donors (Lipinski definition) is 0. The molecule has 1 aliphatic heterocycles. The number of rotatable bonds is 4. The Bertz CT molecular complexity index is 479. The molecule has 0 atom stereocenters. The maximum absolute atomic E-state index is 11.3. The Hall–Kier alpha value is -0.910. The van der Waals surface area contributed by atoms with Gasteiger partial charge in [-0.1, -0.05) is 35.0 Å². The molecule has 0 bridgehead atoms. The van der Waals surface area contributed by atoms with Crippen molar-refractivity contribution in [2.75, 3.05) is 18.9 Å². The van der Waals surface area contributed by atoms with Crippen LogP contribution in [0.3, 0.4) is 0 Å². The zero-order chi connectivity index (χ0) is 13.1. The number of amides is 2. The lowest BCUT2D eigenvalue weighted by atomic mass is 10.3. The van der Waals surface area contributed by atoms with E-state index in [4.69, 9.17) is 27.9 Å². The van der Waals surface area contributed by atoms with E-state index in [1.165, 1.54) is 4.90 Å². The first-order valence-electron chi connectivity index (χ1n) is 5.13. The summed E-state index contributed by atoms with van der Waals surface area (Å²) >= 11 is 12.7. The van der Waals surface area contributed by atoms with E-state index in [0.717, 1.165) is 11.8 Å². The number of ether oxygens (including phenoxy) is 1. The normalized spacial score (nSPS) is 15.3. The smallest absolute Gasteiger partial charge is 0.288 e. The lowest BCUT2D eigenvalue weighted by molar-refractivity contribution is -0.124. The predicted molar refractivity (Wildman–Crippen MR) is 71.5 cm³/mol. The molecule has 4 nitrogen and oxygen atoms in total. The van der Waals surface area contributed by atoms with Crippen molar-refractivity contribution in [3.05, 3.63) is 28.2 Å². The lowest BCUT2D eigenvalue weighted by Crippen LogP contribution is -2.32. The van der Waals surface area contributed by atoms with Gasteiger partial charge in [0.1, 0.15) is 12.4 Å². The van der Waals surface area contributed by atoms with E-state index >= 15 is 0 Å². The average molecular weight is 306 g/mol. The second kappa shape index (κ2) is 5.82. The molecule has 0 aromatic heterocycles. The fourth-order valence-electron chi connectivity index (χ4n) is 1.44. The molecule has 0 spiro atoms. The molecule has 96 valence electrons. The molecule has 1 fully saturated rings. The van der Waals surface area contributed by atoms with Crippen molar-refractivity contribution < 1.29 is 14.3 Å². The first-order valence-corrected chi connectivity index (χ1v) is 6.87. The topological polar surface area (TPSA) is 46.6 Å². The monoisotopic (exact) mass is 305 g/mol. The predicted octanol–water partition coefficient (Wildman–Crippen LogP) is 3.07. The van der Waals surface area contributed by atoms with Gasteiger partial charge in [-0.25, -0.2) is 0 Å². The molecule has 1 aliphatic rings. The van der Waals surface area contributed by atoms with Gasteiger partial charge in [-0.3, -0.25) is 14.5 Å². The number of carbonyl (C=O) groups is 2. The van der Waals surface area contributed by atoms with Crippen LogP contribution in [0.2, 0.25) is 10.0 Å².